The lowest BCUT2D eigenvalue weighted by molar-refractivity contribution is -0.138. The SMILES string of the molecule is CC(CCCCI)CCCC(S)C[C@H](N)C(=O)O. The van der Waals surface area contributed by atoms with Gasteiger partial charge in [-0.3, -0.25) is 4.79 Å². The maximum atomic E-state index is 10.6. The van der Waals surface area contributed by atoms with E-state index in [0.29, 0.717) is 6.42 Å². The van der Waals surface area contributed by atoms with Crippen molar-refractivity contribution in [2.75, 3.05) is 4.43 Å². The lowest BCUT2D eigenvalue weighted by atomic mass is 9.96. The van der Waals surface area contributed by atoms with E-state index in [1.807, 2.05) is 0 Å². The van der Waals surface area contributed by atoms with Crippen LogP contribution in [0, 0.1) is 5.92 Å². The molecular weight excluding hydrogens is 361 g/mol. The molecule has 0 rings (SSSR count). The van der Waals surface area contributed by atoms with Crippen molar-refractivity contribution in [3.8, 4) is 0 Å². The molecule has 0 fully saturated rings. The number of carboxylic acid groups (broad SMARTS) is 1. The minimum atomic E-state index is -0.929. The maximum absolute atomic E-state index is 10.6. The Kier molecular flexibility index (Phi) is 11.7. The summed E-state index contributed by atoms with van der Waals surface area (Å²) in [6.45, 7) is 2.30. The highest BCUT2D eigenvalue weighted by molar-refractivity contribution is 14.1. The molecule has 0 amide bonds. The van der Waals surface area contributed by atoms with Crippen molar-refractivity contribution in [1.82, 2.24) is 0 Å². The molecule has 0 bridgehead atoms. The van der Waals surface area contributed by atoms with E-state index in [1.165, 1.54) is 30.1 Å². The molecular formula is C13H26INO2S. The van der Waals surface area contributed by atoms with E-state index in [0.717, 1.165) is 18.8 Å². The van der Waals surface area contributed by atoms with Gasteiger partial charge in [0.1, 0.15) is 6.04 Å². The normalized spacial score (nSPS) is 16.2. The third-order valence-corrected chi connectivity index (χ3v) is 4.39. The maximum Gasteiger partial charge on any atom is 0.320 e. The van der Waals surface area contributed by atoms with Crippen LogP contribution in [0.2, 0.25) is 0 Å². The predicted octanol–water partition coefficient (Wildman–Crippen LogP) is 3.50. The van der Waals surface area contributed by atoms with Gasteiger partial charge in [-0.1, -0.05) is 55.2 Å². The van der Waals surface area contributed by atoms with E-state index in [4.69, 9.17) is 10.8 Å². The first kappa shape index (κ1) is 18.5. The number of thiol groups is 1. The average Bonchev–Trinajstić information content (AvgIpc) is 2.29. The van der Waals surface area contributed by atoms with E-state index >= 15 is 0 Å². The molecule has 0 heterocycles. The molecule has 0 aliphatic heterocycles. The lowest BCUT2D eigenvalue weighted by Gasteiger charge is -2.15. The van der Waals surface area contributed by atoms with Crippen LogP contribution in [0.1, 0.15) is 51.9 Å². The first-order valence-electron chi connectivity index (χ1n) is 6.69. The van der Waals surface area contributed by atoms with Crippen LogP contribution < -0.4 is 5.73 Å². The van der Waals surface area contributed by atoms with Gasteiger partial charge in [0.05, 0.1) is 0 Å². The number of alkyl halides is 1. The van der Waals surface area contributed by atoms with Crippen molar-refractivity contribution in [2.45, 2.75) is 63.2 Å². The first-order valence-corrected chi connectivity index (χ1v) is 8.74. The monoisotopic (exact) mass is 387 g/mol. The Morgan fingerprint density at radius 3 is 2.44 bits per heavy atom. The zero-order chi connectivity index (χ0) is 14.0. The second-order valence-electron chi connectivity index (χ2n) is 5.06. The summed E-state index contributed by atoms with van der Waals surface area (Å²) in [5.74, 6) is -0.164. The molecule has 0 radical (unpaired) electrons. The quantitative estimate of drug-likeness (QED) is 0.220. The van der Waals surface area contributed by atoms with Crippen LogP contribution in [0.3, 0.4) is 0 Å². The summed E-state index contributed by atoms with van der Waals surface area (Å²) in [6, 6.07) is -0.770. The summed E-state index contributed by atoms with van der Waals surface area (Å²) < 4.78 is 1.25. The van der Waals surface area contributed by atoms with Crippen LogP contribution in [-0.4, -0.2) is 26.8 Å². The molecule has 18 heavy (non-hydrogen) atoms. The molecule has 0 spiro atoms. The number of halogens is 1. The van der Waals surface area contributed by atoms with Gasteiger partial charge in [-0.25, -0.2) is 0 Å². The average molecular weight is 387 g/mol. The highest BCUT2D eigenvalue weighted by Crippen LogP contribution is 2.19. The Balaban J connectivity index is 3.55. The minimum absolute atomic E-state index is 0.109. The molecule has 0 aliphatic rings. The van der Waals surface area contributed by atoms with Crippen LogP contribution >= 0.6 is 35.2 Å². The number of unbranched alkanes of at least 4 members (excludes halogenated alkanes) is 1. The third kappa shape index (κ3) is 10.4. The molecule has 3 N–H and O–H groups in total. The third-order valence-electron chi connectivity index (χ3n) is 3.16. The number of aliphatic carboxylic acids is 1. The summed E-state index contributed by atoms with van der Waals surface area (Å²) in [5, 5.41) is 8.81. The topological polar surface area (TPSA) is 63.3 Å². The van der Waals surface area contributed by atoms with E-state index in [9.17, 15) is 4.79 Å². The van der Waals surface area contributed by atoms with Crippen molar-refractivity contribution < 1.29 is 9.90 Å². The zero-order valence-electron chi connectivity index (χ0n) is 11.1. The highest BCUT2D eigenvalue weighted by Gasteiger charge is 2.16. The standard InChI is InChI=1S/C13H26INO2S/c1-10(5-2-3-8-14)6-4-7-11(18)9-12(15)13(16)17/h10-12,18H,2-9,15H2,1H3,(H,16,17)/t10?,11?,12-/m0/s1. The fourth-order valence-electron chi connectivity index (χ4n) is 1.95. The fourth-order valence-corrected chi connectivity index (χ4v) is 2.89. The summed E-state index contributed by atoms with van der Waals surface area (Å²) in [5.41, 5.74) is 5.48. The Labute approximate surface area is 130 Å². The van der Waals surface area contributed by atoms with Crippen LogP contribution in [0.25, 0.3) is 0 Å². The molecule has 0 aromatic heterocycles. The predicted molar refractivity (Wildman–Crippen MR) is 88.8 cm³/mol. The van der Waals surface area contributed by atoms with Crippen molar-refractivity contribution >= 4 is 41.2 Å². The molecule has 0 saturated heterocycles. The van der Waals surface area contributed by atoms with Crippen LogP contribution in [0.4, 0.5) is 0 Å². The van der Waals surface area contributed by atoms with E-state index in [2.05, 4.69) is 42.1 Å². The van der Waals surface area contributed by atoms with Gasteiger partial charge in [-0.15, -0.1) is 0 Å². The Hall–Kier alpha value is 0.510. The summed E-state index contributed by atoms with van der Waals surface area (Å²) >= 11 is 6.83. The van der Waals surface area contributed by atoms with Crippen LogP contribution in [0.15, 0.2) is 0 Å². The van der Waals surface area contributed by atoms with Crippen molar-refractivity contribution in [3.63, 3.8) is 0 Å². The zero-order valence-corrected chi connectivity index (χ0v) is 14.2. The van der Waals surface area contributed by atoms with Crippen LogP contribution in [-0.2, 0) is 4.79 Å². The Morgan fingerprint density at radius 1 is 1.28 bits per heavy atom. The molecule has 3 atom stereocenters. The van der Waals surface area contributed by atoms with E-state index < -0.39 is 12.0 Å². The molecule has 0 saturated carbocycles. The largest absolute Gasteiger partial charge is 0.480 e. The number of carbonyl (C=O) groups is 1. The Bertz CT molecular complexity index is 229. The van der Waals surface area contributed by atoms with Gasteiger partial charge >= 0.3 is 5.97 Å². The number of nitrogens with two attached hydrogens (primary N) is 1. The molecule has 5 heteroatoms. The summed E-state index contributed by atoms with van der Waals surface area (Å²) in [4.78, 5) is 10.6. The smallest absolute Gasteiger partial charge is 0.320 e. The van der Waals surface area contributed by atoms with Gasteiger partial charge in [0, 0.05) is 5.25 Å². The van der Waals surface area contributed by atoms with Gasteiger partial charge in [0.25, 0.3) is 0 Å². The van der Waals surface area contributed by atoms with Crippen molar-refractivity contribution in [2.24, 2.45) is 11.7 Å². The summed E-state index contributed by atoms with van der Waals surface area (Å²) in [6.07, 6.45) is 7.68. The fraction of sp³-hybridized carbons (Fsp3) is 0.923. The molecule has 0 aromatic rings. The number of carboxylic acids is 1. The molecule has 0 aliphatic carbocycles. The van der Waals surface area contributed by atoms with Gasteiger partial charge in [-0.2, -0.15) is 12.6 Å². The molecule has 108 valence electrons. The highest BCUT2D eigenvalue weighted by atomic mass is 127. The number of rotatable bonds is 11. The first-order chi connectivity index (χ1) is 8.47. The van der Waals surface area contributed by atoms with Gasteiger partial charge < -0.3 is 10.8 Å². The number of hydrogen-bond donors (Lipinski definition) is 3. The van der Waals surface area contributed by atoms with Crippen molar-refractivity contribution in [3.05, 3.63) is 0 Å². The van der Waals surface area contributed by atoms with Gasteiger partial charge in [0.2, 0.25) is 0 Å². The van der Waals surface area contributed by atoms with Crippen molar-refractivity contribution in [1.29, 1.82) is 0 Å². The van der Waals surface area contributed by atoms with E-state index in [-0.39, 0.29) is 5.25 Å². The second-order valence-corrected chi connectivity index (χ2v) is 6.86. The van der Waals surface area contributed by atoms with Crippen LogP contribution in [0.5, 0.6) is 0 Å². The van der Waals surface area contributed by atoms with Gasteiger partial charge in [0.15, 0.2) is 0 Å². The van der Waals surface area contributed by atoms with E-state index in [1.54, 1.807) is 0 Å². The molecule has 2 unspecified atom stereocenters. The molecule has 3 nitrogen and oxygen atoms in total. The molecule has 0 aromatic carbocycles. The lowest BCUT2D eigenvalue weighted by Crippen LogP contribution is -2.32. The minimum Gasteiger partial charge on any atom is -0.480 e. The van der Waals surface area contributed by atoms with Gasteiger partial charge in [-0.05, 0) is 29.6 Å². The summed E-state index contributed by atoms with van der Waals surface area (Å²) in [7, 11) is 0. The Morgan fingerprint density at radius 2 is 1.89 bits per heavy atom. The number of hydrogen-bond acceptors (Lipinski definition) is 3. The second kappa shape index (κ2) is 11.3.